The van der Waals surface area contributed by atoms with E-state index < -0.39 is 19.3 Å². The smallest absolute Gasteiger partial charge is 0.230 e. The molecule has 0 aliphatic heterocycles. The first-order chi connectivity index (χ1) is 15.8. The third-order valence-electron chi connectivity index (χ3n) is 5.52. The Hall–Kier alpha value is -1.82. The molecular formula is C26H29O4PS2. The van der Waals surface area contributed by atoms with Crippen LogP contribution in [0.2, 0.25) is 0 Å². The van der Waals surface area contributed by atoms with Crippen LogP contribution >= 0.6 is 31.5 Å². The van der Waals surface area contributed by atoms with Gasteiger partial charge in [0.2, 0.25) is 12.7 Å². The fraction of sp³-hybridized carbons (Fsp3) is 0.269. The highest BCUT2D eigenvalue weighted by atomic mass is 32.2. The van der Waals surface area contributed by atoms with E-state index >= 15 is 0 Å². The van der Waals surface area contributed by atoms with Crippen molar-refractivity contribution in [1.82, 2.24) is 0 Å². The predicted molar refractivity (Wildman–Crippen MR) is 142 cm³/mol. The molecule has 33 heavy (non-hydrogen) atoms. The van der Waals surface area contributed by atoms with Crippen LogP contribution in [-0.2, 0) is 10.3 Å². The molecule has 0 saturated carbocycles. The average Bonchev–Trinajstić information content (AvgIpc) is 2.83. The summed E-state index contributed by atoms with van der Waals surface area (Å²) >= 11 is 5.51. The number of aryl methyl sites for hydroxylation is 2. The van der Waals surface area contributed by atoms with E-state index in [-0.39, 0.29) is 11.3 Å². The van der Waals surface area contributed by atoms with Crippen LogP contribution < -0.4 is 10.6 Å². The van der Waals surface area contributed by atoms with Crippen LogP contribution in [0.1, 0.15) is 27.0 Å². The lowest BCUT2D eigenvalue weighted by Gasteiger charge is -2.21. The molecule has 0 fully saturated rings. The molecule has 7 heteroatoms. The molecule has 0 heterocycles. The van der Waals surface area contributed by atoms with Crippen LogP contribution in [0.5, 0.6) is 0 Å². The van der Waals surface area contributed by atoms with Gasteiger partial charge < -0.3 is 14.8 Å². The van der Waals surface area contributed by atoms with Crippen LogP contribution in [0, 0.1) is 13.8 Å². The molecule has 2 N–H and O–H groups in total. The molecule has 0 saturated heterocycles. The molecule has 3 aromatic rings. The Morgan fingerprint density at radius 2 is 1.39 bits per heavy atom. The van der Waals surface area contributed by atoms with Gasteiger partial charge in [-0.05, 0) is 30.5 Å². The molecule has 0 bridgehead atoms. The van der Waals surface area contributed by atoms with Crippen molar-refractivity contribution >= 4 is 47.7 Å². The van der Waals surface area contributed by atoms with Crippen molar-refractivity contribution in [2.24, 2.45) is 0 Å². The topological polar surface area (TPSA) is 74.6 Å². The normalized spacial score (nSPS) is 13.5. The van der Waals surface area contributed by atoms with Gasteiger partial charge in [-0.1, -0.05) is 72.8 Å². The predicted octanol–water partition coefficient (Wildman–Crippen LogP) is 4.34. The molecule has 2 atom stereocenters. The Bertz CT molecular complexity index is 1070. The Balaban J connectivity index is 1.93. The van der Waals surface area contributed by atoms with Crippen LogP contribution in [0.4, 0.5) is 0 Å². The zero-order valence-corrected chi connectivity index (χ0v) is 21.3. The molecule has 0 aromatic heterocycles. The molecule has 0 radical (unpaired) electrons. The van der Waals surface area contributed by atoms with Crippen molar-refractivity contribution in [2.45, 2.75) is 31.8 Å². The van der Waals surface area contributed by atoms with E-state index in [1.54, 1.807) is 48.5 Å². The van der Waals surface area contributed by atoms with Crippen molar-refractivity contribution in [1.29, 1.82) is 0 Å². The first kappa shape index (κ1) is 25.8. The summed E-state index contributed by atoms with van der Waals surface area (Å²) in [7, 11) is -3.57. The molecule has 4 nitrogen and oxygen atoms in total. The van der Waals surface area contributed by atoms with Crippen LogP contribution in [-0.4, -0.2) is 39.5 Å². The lowest BCUT2D eigenvalue weighted by atomic mass is 10.0. The van der Waals surface area contributed by atoms with Crippen molar-refractivity contribution < 1.29 is 19.6 Å². The van der Waals surface area contributed by atoms with Gasteiger partial charge in [-0.2, -0.15) is 24.4 Å². The number of carbonyl (C=O) groups excluding carboxylic acids is 1. The minimum absolute atomic E-state index is 0.208. The quantitative estimate of drug-likeness (QED) is 0.285. The number of rotatable bonds is 10. The average molecular weight is 501 g/mol. The Labute approximate surface area is 205 Å². The van der Waals surface area contributed by atoms with E-state index in [9.17, 15) is 19.6 Å². The summed E-state index contributed by atoms with van der Waals surface area (Å²) in [6.45, 7) is 3.74. The van der Waals surface area contributed by atoms with Gasteiger partial charge in [0.05, 0.1) is 12.2 Å². The van der Waals surface area contributed by atoms with Crippen LogP contribution in [0.3, 0.4) is 0 Å². The molecular weight excluding hydrogens is 471 g/mol. The number of aliphatic hydroxyl groups excluding tert-OH is 2. The van der Waals surface area contributed by atoms with Gasteiger partial charge >= 0.3 is 0 Å². The third kappa shape index (κ3) is 5.82. The van der Waals surface area contributed by atoms with Crippen molar-refractivity contribution in [3.8, 4) is 0 Å². The molecule has 3 aromatic carbocycles. The maximum atomic E-state index is 14.4. The molecule has 0 amide bonds. The van der Waals surface area contributed by atoms with E-state index in [1.807, 2.05) is 38.1 Å². The van der Waals surface area contributed by atoms with Gasteiger partial charge in [-0.3, -0.25) is 4.79 Å². The third-order valence-corrected chi connectivity index (χ3v) is 9.86. The summed E-state index contributed by atoms with van der Waals surface area (Å²) < 4.78 is 14.4. The number of thioether (sulfide) groups is 1. The Morgan fingerprint density at radius 3 is 1.85 bits per heavy atom. The number of benzene rings is 3. The molecule has 2 unspecified atom stereocenters. The van der Waals surface area contributed by atoms with Crippen molar-refractivity contribution in [2.75, 3.05) is 11.5 Å². The molecule has 3 rings (SSSR count). The molecule has 0 aliphatic rings. The highest BCUT2D eigenvalue weighted by Crippen LogP contribution is 2.48. The first-order valence-electron chi connectivity index (χ1n) is 10.7. The fourth-order valence-corrected chi connectivity index (χ4v) is 7.67. The standard InChI is InChI=1S/C26H29O4PS2/c1-18-13-20(16-33-17-24(28)23(27)15-32)14-19(2)25(18)26(29)31(30,21-9-5-3-6-10-21)22-11-7-4-8-12-22/h3-14,23-24,27-28,32H,15-17H2,1-2H3. The van der Waals surface area contributed by atoms with E-state index in [1.165, 1.54) is 11.8 Å². The number of hydrogen-bond acceptors (Lipinski definition) is 6. The van der Waals surface area contributed by atoms with Crippen molar-refractivity contribution in [3.63, 3.8) is 0 Å². The van der Waals surface area contributed by atoms with Gasteiger partial charge in [-0.25, -0.2) is 0 Å². The van der Waals surface area contributed by atoms with E-state index in [0.29, 0.717) is 27.7 Å². The lowest BCUT2D eigenvalue weighted by Crippen LogP contribution is -2.29. The number of aliphatic hydroxyl groups is 2. The van der Waals surface area contributed by atoms with Crippen LogP contribution in [0.25, 0.3) is 0 Å². The lowest BCUT2D eigenvalue weighted by molar-refractivity contribution is 0.0502. The Morgan fingerprint density at radius 1 is 0.909 bits per heavy atom. The second-order valence-electron chi connectivity index (χ2n) is 8.02. The zero-order valence-electron chi connectivity index (χ0n) is 18.7. The fourth-order valence-electron chi connectivity index (χ4n) is 3.82. The summed E-state index contributed by atoms with van der Waals surface area (Å²) in [6.07, 6.45) is -1.69. The summed E-state index contributed by atoms with van der Waals surface area (Å²) in [5.41, 5.74) is 2.69. The van der Waals surface area contributed by atoms with Crippen molar-refractivity contribution in [3.05, 3.63) is 95.1 Å². The Kier molecular flexibility index (Phi) is 9.02. The number of hydrogen-bond donors (Lipinski definition) is 3. The number of thiol groups is 1. The summed E-state index contributed by atoms with van der Waals surface area (Å²) in [5, 5.41) is 20.7. The second-order valence-corrected chi connectivity index (χ2v) is 12.1. The van der Waals surface area contributed by atoms with Gasteiger partial charge in [0.25, 0.3) is 0 Å². The second kappa shape index (κ2) is 11.5. The van der Waals surface area contributed by atoms with E-state index in [4.69, 9.17) is 0 Å². The van der Waals surface area contributed by atoms with Gasteiger partial charge in [-0.15, -0.1) is 0 Å². The van der Waals surface area contributed by atoms with Gasteiger partial charge in [0.15, 0.2) is 0 Å². The summed E-state index contributed by atoms with van der Waals surface area (Å²) in [6, 6.07) is 21.8. The molecule has 0 aliphatic carbocycles. The van der Waals surface area contributed by atoms with E-state index in [2.05, 4.69) is 12.6 Å². The van der Waals surface area contributed by atoms with Gasteiger partial charge in [0, 0.05) is 33.4 Å². The minimum Gasteiger partial charge on any atom is -0.390 e. The zero-order chi connectivity index (χ0) is 24.0. The molecule has 174 valence electrons. The monoisotopic (exact) mass is 500 g/mol. The largest absolute Gasteiger partial charge is 0.390 e. The highest BCUT2D eigenvalue weighted by molar-refractivity contribution is 7.98. The summed E-state index contributed by atoms with van der Waals surface area (Å²) in [5.74, 6) is 1.22. The SMILES string of the molecule is Cc1cc(CSCC(O)C(O)CS)cc(C)c1C(=O)P(=O)(c1ccccc1)c1ccccc1. The van der Waals surface area contributed by atoms with E-state index in [0.717, 1.165) is 16.7 Å². The first-order valence-corrected chi connectivity index (χ1v) is 14.2. The maximum absolute atomic E-state index is 14.4. The number of carbonyl (C=O) groups is 1. The highest BCUT2D eigenvalue weighted by Gasteiger charge is 2.37. The maximum Gasteiger partial charge on any atom is 0.230 e. The summed E-state index contributed by atoms with van der Waals surface area (Å²) in [4.78, 5) is 13.9. The van der Waals surface area contributed by atoms with Crippen LogP contribution in [0.15, 0.2) is 72.8 Å². The van der Waals surface area contributed by atoms with Gasteiger partial charge in [0.1, 0.15) is 0 Å². The molecule has 0 spiro atoms. The minimum atomic E-state index is -3.57.